The molecule has 1 aliphatic rings. The molecular formula is C18H26O. The number of hydrogen-bond acceptors (Lipinski definition) is 1. The van der Waals surface area contributed by atoms with E-state index >= 15 is 0 Å². The van der Waals surface area contributed by atoms with E-state index in [1.807, 2.05) is 0 Å². The van der Waals surface area contributed by atoms with Crippen LogP contribution >= 0.6 is 0 Å². The number of rotatable bonds is 5. The van der Waals surface area contributed by atoms with E-state index < -0.39 is 0 Å². The van der Waals surface area contributed by atoms with Crippen LogP contribution in [0.15, 0.2) is 24.3 Å². The second-order valence-corrected chi connectivity index (χ2v) is 6.32. The fraction of sp³-hybridized carbons (Fsp3) is 0.611. The van der Waals surface area contributed by atoms with Crippen molar-refractivity contribution in [3.05, 3.63) is 35.4 Å². The molecule has 1 aliphatic carbocycles. The van der Waals surface area contributed by atoms with Crippen LogP contribution in [0.4, 0.5) is 0 Å². The van der Waals surface area contributed by atoms with Crippen LogP contribution < -0.4 is 0 Å². The molecule has 1 fully saturated rings. The molecule has 1 saturated carbocycles. The predicted molar refractivity (Wildman–Crippen MR) is 80.4 cm³/mol. The lowest BCUT2D eigenvalue weighted by Gasteiger charge is -2.20. The summed E-state index contributed by atoms with van der Waals surface area (Å²) in [7, 11) is 0. The van der Waals surface area contributed by atoms with Gasteiger partial charge >= 0.3 is 0 Å². The third-order valence-electron chi connectivity index (χ3n) is 4.29. The van der Waals surface area contributed by atoms with Gasteiger partial charge in [0, 0.05) is 12.8 Å². The highest BCUT2D eigenvalue weighted by molar-refractivity contribution is 5.81. The molecule has 1 heteroatoms. The molecule has 0 heterocycles. The average Bonchev–Trinajstić information content (AvgIpc) is 2.40. The number of carbonyl (C=O) groups is 1. The summed E-state index contributed by atoms with van der Waals surface area (Å²) >= 11 is 0. The molecule has 0 unspecified atom stereocenters. The van der Waals surface area contributed by atoms with E-state index in [1.165, 1.54) is 43.2 Å². The lowest BCUT2D eigenvalue weighted by Crippen LogP contribution is -2.13. The van der Waals surface area contributed by atoms with Crippen molar-refractivity contribution in [3.63, 3.8) is 0 Å². The zero-order valence-corrected chi connectivity index (χ0v) is 12.3. The quantitative estimate of drug-likeness (QED) is 0.734. The van der Waals surface area contributed by atoms with Gasteiger partial charge in [-0.3, -0.25) is 4.79 Å². The maximum absolute atomic E-state index is 12.1. The van der Waals surface area contributed by atoms with Crippen LogP contribution in [0.3, 0.4) is 0 Å². The first-order valence-corrected chi connectivity index (χ1v) is 7.75. The SMILES string of the molecule is CC(C)c1ccc(CC(=O)CC2CCCCC2)cc1. The van der Waals surface area contributed by atoms with Crippen molar-refractivity contribution in [1.82, 2.24) is 0 Å². The Balaban J connectivity index is 1.84. The Bertz CT molecular complexity index is 396. The van der Waals surface area contributed by atoms with Crippen molar-refractivity contribution in [3.8, 4) is 0 Å². The summed E-state index contributed by atoms with van der Waals surface area (Å²) in [6, 6.07) is 8.56. The molecule has 104 valence electrons. The first kappa shape index (κ1) is 14.3. The fourth-order valence-electron chi connectivity index (χ4n) is 3.03. The number of hydrogen-bond donors (Lipinski definition) is 0. The number of Topliss-reactive ketones (excluding diaryl/α,β-unsaturated/α-hetero) is 1. The van der Waals surface area contributed by atoms with Gasteiger partial charge in [-0.2, -0.15) is 0 Å². The van der Waals surface area contributed by atoms with Crippen LogP contribution in [-0.2, 0) is 11.2 Å². The van der Waals surface area contributed by atoms with Crippen LogP contribution in [0.2, 0.25) is 0 Å². The zero-order valence-electron chi connectivity index (χ0n) is 12.3. The van der Waals surface area contributed by atoms with Gasteiger partial charge in [0.05, 0.1) is 0 Å². The highest BCUT2D eigenvalue weighted by Crippen LogP contribution is 2.27. The Kier molecular flexibility index (Phi) is 5.18. The molecule has 0 spiro atoms. The normalized spacial score (nSPS) is 16.8. The van der Waals surface area contributed by atoms with Crippen LogP contribution in [0.25, 0.3) is 0 Å². The van der Waals surface area contributed by atoms with Crippen molar-refractivity contribution in [2.45, 2.75) is 64.7 Å². The maximum atomic E-state index is 12.1. The molecule has 0 amide bonds. The van der Waals surface area contributed by atoms with E-state index in [0.717, 1.165) is 6.42 Å². The van der Waals surface area contributed by atoms with Crippen molar-refractivity contribution >= 4 is 5.78 Å². The zero-order chi connectivity index (χ0) is 13.7. The van der Waals surface area contributed by atoms with Crippen molar-refractivity contribution < 1.29 is 4.79 Å². The smallest absolute Gasteiger partial charge is 0.137 e. The molecule has 0 radical (unpaired) electrons. The van der Waals surface area contributed by atoms with Gasteiger partial charge in [-0.1, -0.05) is 70.2 Å². The van der Waals surface area contributed by atoms with Gasteiger partial charge in [-0.25, -0.2) is 0 Å². The third kappa shape index (κ3) is 4.49. The van der Waals surface area contributed by atoms with E-state index in [9.17, 15) is 4.79 Å². The summed E-state index contributed by atoms with van der Waals surface area (Å²) in [5, 5.41) is 0. The van der Waals surface area contributed by atoms with E-state index in [1.54, 1.807) is 0 Å². The van der Waals surface area contributed by atoms with Gasteiger partial charge in [-0.05, 0) is 23.0 Å². The molecule has 0 bridgehead atoms. The van der Waals surface area contributed by atoms with Crippen LogP contribution in [0, 0.1) is 5.92 Å². The highest BCUT2D eigenvalue weighted by atomic mass is 16.1. The fourth-order valence-corrected chi connectivity index (χ4v) is 3.03. The Morgan fingerprint density at radius 1 is 1.11 bits per heavy atom. The van der Waals surface area contributed by atoms with E-state index in [2.05, 4.69) is 38.1 Å². The minimum absolute atomic E-state index is 0.421. The monoisotopic (exact) mass is 258 g/mol. The topological polar surface area (TPSA) is 17.1 Å². The lowest BCUT2D eigenvalue weighted by molar-refractivity contribution is -0.119. The maximum Gasteiger partial charge on any atom is 0.137 e. The summed E-state index contributed by atoms with van der Waals surface area (Å²) in [5.74, 6) is 1.65. The molecular weight excluding hydrogens is 232 g/mol. The van der Waals surface area contributed by atoms with Crippen molar-refractivity contribution in [2.24, 2.45) is 5.92 Å². The van der Waals surface area contributed by atoms with Gasteiger partial charge in [-0.15, -0.1) is 0 Å². The number of ketones is 1. The van der Waals surface area contributed by atoms with E-state index in [0.29, 0.717) is 24.0 Å². The molecule has 0 aromatic heterocycles. The average molecular weight is 258 g/mol. The molecule has 1 aromatic carbocycles. The summed E-state index contributed by atoms with van der Waals surface area (Å²) in [6.45, 7) is 4.40. The van der Waals surface area contributed by atoms with Gasteiger partial charge in [0.15, 0.2) is 0 Å². The van der Waals surface area contributed by atoms with Crippen LogP contribution in [0.1, 0.15) is 69.4 Å². The standard InChI is InChI=1S/C18H26O/c1-14(2)17-10-8-16(9-11-17)13-18(19)12-15-6-4-3-5-7-15/h8-11,14-15H,3-7,12-13H2,1-2H3. The molecule has 1 aromatic rings. The summed E-state index contributed by atoms with van der Waals surface area (Å²) < 4.78 is 0. The number of carbonyl (C=O) groups excluding carboxylic acids is 1. The molecule has 19 heavy (non-hydrogen) atoms. The molecule has 2 rings (SSSR count). The second-order valence-electron chi connectivity index (χ2n) is 6.32. The minimum Gasteiger partial charge on any atom is -0.299 e. The largest absolute Gasteiger partial charge is 0.299 e. The Morgan fingerprint density at radius 2 is 1.74 bits per heavy atom. The predicted octanol–water partition coefficient (Wildman–Crippen LogP) is 4.89. The summed E-state index contributed by atoms with van der Waals surface area (Å²) in [6.07, 6.45) is 7.94. The summed E-state index contributed by atoms with van der Waals surface area (Å²) in [5.41, 5.74) is 2.52. The van der Waals surface area contributed by atoms with Crippen LogP contribution in [-0.4, -0.2) is 5.78 Å². The van der Waals surface area contributed by atoms with Crippen molar-refractivity contribution in [2.75, 3.05) is 0 Å². The second kappa shape index (κ2) is 6.88. The Labute approximate surface area is 117 Å². The molecule has 0 saturated heterocycles. The van der Waals surface area contributed by atoms with Crippen molar-refractivity contribution in [1.29, 1.82) is 0 Å². The molecule has 0 aliphatic heterocycles. The molecule has 0 N–H and O–H groups in total. The van der Waals surface area contributed by atoms with E-state index in [-0.39, 0.29) is 0 Å². The van der Waals surface area contributed by atoms with Gasteiger partial charge < -0.3 is 0 Å². The van der Waals surface area contributed by atoms with Crippen LogP contribution in [0.5, 0.6) is 0 Å². The third-order valence-corrected chi connectivity index (χ3v) is 4.29. The summed E-state index contributed by atoms with van der Waals surface area (Å²) in [4.78, 5) is 12.1. The number of benzene rings is 1. The Hall–Kier alpha value is -1.11. The lowest BCUT2D eigenvalue weighted by atomic mass is 9.85. The van der Waals surface area contributed by atoms with Gasteiger partial charge in [0.2, 0.25) is 0 Å². The Morgan fingerprint density at radius 3 is 2.32 bits per heavy atom. The minimum atomic E-state index is 0.421. The first-order valence-electron chi connectivity index (χ1n) is 7.75. The van der Waals surface area contributed by atoms with E-state index in [4.69, 9.17) is 0 Å². The highest BCUT2D eigenvalue weighted by Gasteiger charge is 2.17. The van der Waals surface area contributed by atoms with Gasteiger partial charge in [0.25, 0.3) is 0 Å². The van der Waals surface area contributed by atoms with Gasteiger partial charge in [0.1, 0.15) is 5.78 Å². The molecule has 1 nitrogen and oxygen atoms in total. The molecule has 0 atom stereocenters. The first-order chi connectivity index (χ1) is 9.15.